The van der Waals surface area contributed by atoms with E-state index in [4.69, 9.17) is 11.6 Å². The molecule has 5 heteroatoms. The zero-order valence-corrected chi connectivity index (χ0v) is 12.7. The number of aryl methyl sites for hydroxylation is 1. The van der Waals surface area contributed by atoms with Crippen molar-refractivity contribution in [2.24, 2.45) is 0 Å². The maximum Gasteiger partial charge on any atom is 0.149 e. The monoisotopic (exact) mass is 295 g/mol. The molecule has 1 N–H and O–H groups in total. The molecule has 0 amide bonds. The van der Waals surface area contributed by atoms with Crippen LogP contribution in [0.2, 0.25) is 5.02 Å². The summed E-state index contributed by atoms with van der Waals surface area (Å²) in [6, 6.07) is 5.32. The van der Waals surface area contributed by atoms with Crippen molar-refractivity contribution in [3.8, 4) is 5.69 Å². The highest BCUT2D eigenvalue weighted by Gasteiger charge is 2.12. The molecule has 2 rings (SSSR count). The van der Waals surface area contributed by atoms with Gasteiger partial charge in [-0.2, -0.15) is 5.10 Å². The van der Waals surface area contributed by atoms with Crippen molar-refractivity contribution in [1.82, 2.24) is 15.1 Å². The van der Waals surface area contributed by atoms with Gasteiger partial charge in [-0.1, -0.05) is 24.6 Å². The van der Waals surface area contributed by atoms with Crippen LogP contribution in [0.3, 0.4) is 0 Å². The average molecular weight is 296 g/mol. The van der Waals surface area contributed by atoms with Gasteiger partial charge in [-0.25, -0.2) is 9.07 Å². The van der Waals surface area contributed by atoms with Crippen molar-refractivity contribution < 1.29 is 4.39 Å². The Hall–Kier alpha value is -1.39. The van der Waals surface area contributed by atoms with Crippen LogP contribution >= 0.6 is 11.6 Å². The van der Waals surface area contributed by atoms with Gasteiger partial charge < -0.3 is 5.32 Å². The molecule has 0 fully saturated rings. The number of nitrogens with one attached hydrogen (secondary N) is 1. The molecule has 20 heavy (non-hydrogen) atoms. The van der Waals surface area contributed by atoms with Crippen molar-refractivity contribution in [2.45, 2.75) is 33.2 Å². The van der Waals surface area contributed by atoms with Crippen LogP contribution in [0.15, 0.2) is 24.4 Å². The topological polar surface area (TPSA) is 29.9 Å². The van der Waals surface area contributed by atoms with E-state index in [0.29, 0.717) is 16.4 Å². The Morgan fingerprint density at radius 1 is 1.45 bits per heavy atom. The Morgan fingerprint density at radius 2 is 2.20 bits per heavy atom. The number of hydrogen-bond acceptors (Lipinski definition) is 2. The standard InChI is InChI=1S/C15H19ClFN3/c1-4-7-18-10(2)12-5-6-15(14(17)8-12)20-9-13(16)11(3)19-20/h5-6,8-10,18H,4,7H2,1-3H3. The fourth-order valence-electron chi connectivity index (χ4n) is 2.02. The van der Waals surface area contributed by atoms with Crippen molar-refractivity contribution in [3.05, 3.63) is 46.5 Å². The van der Waals surface area contributed by atoms with E-state index in [1.807, 2.05) is 13.0 Å². The van der Waals surface area contributed by atoms with Gasteiger partial charge in [-0.05, 0) is 44.5 Å². The number of hydrogen-bond donors (Lipinski definition) is 1. The van der Waals surface area contributed by atoms with Gasteiger partial charge in [0.1, 0.15) is 11.5 Å². The third-order valence-corrected chi connectivity index (χ3v) is 3.63. The summed E-state index contributed by atoms with van der Waals surface area (Å²) >= 11 is 5.95. The van der Waals surface area contributed by atoms with Crippen LogP contribution in [-0.4, -0.2) is 16.3 Å². The Morgan fingerprint density at radius 3 is 2.75 bits per heavy atom. The molecular formula is C15H19ClFN3. The minimum absolute atomic E-state index is 0.126. The van der Waals surface area contributed by atoms with Gasteiger partial charge in [0.15, 0.2) is 0 Å². The van der Waals surface area contributed by atoms with Crippen LogP contribution in [0.25, 0.3) is 5.69 Å². The summed E-state index contributed by atoms with van der Waals surface area (Å²) in [7, 11) is 0. The minimum Gasteiger partial charge on any atom is -0.310 e. The lowest BCUT2D eigenvalue weighted by atomic mass is 10.1. The van der Waals surface area contributed by atoms with Gasteiger partial charge in [0.05, 0.1) is 10.7 Å². The average Bonchev–Trinajstić information content (AvgIpc) is 2.75. The zero-order chi connectivity index (χ0) is 14.7. The van der Waals surface area contributed by atoms with Gasteiger partial charge >= 0.3 is 0 Å². The molecule has 0 aliphatic heterocycles. The largest absolute Gasteiger partial charge is 0.310 e. The highest BCUT2D eigenvalue weighted by Crippen LogP contribution is 2.21. The van der Waals surface area contributed by atoms with E-state index in [2.05, 4.69) is 17.3 Å². The SMILES string of the molecule is CCCNC(C)c1ccc(-n2cc(Cl)c(C)n2)c(F)c1. The summed E-state index contributed by atoms with van der Waals surface area (Å²) < 4.78 is 15.7. The number of benzene rings is 1. The van der Waals surface area contributed by atoms with Crippen LogP contribution in [0.1, 0.15) is 37.6 Å². The third kappa shape index (κ3) is 3.19. The van der Waals surface area contributed by atoms with E-state index in [-0.39, 0.29) is 11.9 Å². The minimum atomic E-state index is -0.299. The molecule has 0 aliphatic rings. The first-order valence-corrected chi connectivity index (χ1v) is 7.15. The van der Waals surface area contributed by atoms with Crippen LogP contribution in [0.5, 0.6) is 0 Å². The van der Waals surface area contributed by atoms with E-state index in [1.54, 1.807) is 25.3 Å². The second-order valence-electron chi connectivity index (χ2n) is 4.89. The Labute approximate surface area is 123 Å². The van der Waals surface area contributed by atoms with Crippen LogP contribution < -0.4 is 5.32 Å². The smallest absolute Gasteiger partial charge is 0.149 e. The molecule has 1 heterocycles. The molecule has 0 bridgehead atoms. The van der Waals surface area contributed by atoms with Crippen LogP contribution in [0.4, 0.5) is 4.39 Å². The lowest BCUT2D eigenvalue weighted by Crippen LogP contribution is -2.19. The van der Waals surface area contributed by atoms with Gasteiger partial charge in [0.2, 0.25) is 0 Å². The predicted molar refractivity (Wildman–Crippen MR) is 80.0 cm³/mol. The third-order valence-electron chi connectivity index (χ3n) is 3.26. The van der Waals surface area contributed by atoms with Crippen molar-refractivity contribution in [1.29, 1.82) is 0 Å². The summed E-state index contributed by atoms with van der Waals surface area (Å²) in [6.45, 7) is 6.84. The molecule has 1 aromatic carbocycles. The molecule has 108 valence electrons. The fourth-order valence-corrected chi connectivity index (χ4v) is 2.15. The lowest BCUT2D eigenvalue weighted by molar-refractivity contribution is 0.559. The molecule has 1 aromatic heterocycles. The second kappa shape index (κ2) is 6.37. The first-order valence-electron chi connectivity index (χ1n) is 6.78. The molecule has 0 saturated carbocycles. The first kappa shape index (κ1) is 15.0. The van der Waals surface area contributed by atoms with Crippen molar-refractivity contribution in [2.75, 3.05) is 6.54 Å². The summed E-state index contributed by atoms with van der Waals surface area (Å²) in [5.41, 5.74) is 2.02. The van der Waals surface area contributed by atoms with E-state index >= 15 is 0 Å². The lowest BCUT2D eigenvalue weighted by Gasteiger charge is -2.14. The molecule has 0 aliphatic carbocycles. The number of nitrogens with zero attached hydrogens (tertiary/aromatic N) is 2. The van der Waals surface area contributed by atoms with Gasteiger partial charge in [-0.3, -0.25) is 0 Å². The maximum absolute atomic E-state index is 14.2. The predicted octanol–water partition coefficient (Wildman–Crippen LogP) is 4.03. The highest BCUT2D eigenvalue weighted by atomic mass is 35.5. The first-order chi connectivity index (χ1) is 9.52. The van der Waals surface area contributed by atoms with Gasteiger partial charge in [-0.15, -0.1) is 0 Å². The van der Waals surface area contributed by atoms with E-state index < -0.39 is 0 Å². The summed E-state index contributed by atoms with van der Waals surface area (Å²) in [4.78, 5) is 0. The van der Waals surface area contributed by atoms with Crippen molar-refractivity contribution >= 4 is 11.6 Å². The fraction of sp³-hybridized carbons (Fsp3) is 0.400. The molecule has 1 atom stereocenters. The zero-order valence-electron chi connectivity index (χ0n) is 12.0. The van der Waals surface area contributed by atoms with Crippen molar-refractivity contribution in [3.63, 3.8) is 0 Å². The Balaban J connectivity index is 2.25. The molecule has 1 unspecified atom stereocenters. The molecule has 2 aromatic rings. The quantitative estimate of drug-likeness (QED) is 0.902. The molecule has 0 spiro atoms. The van der Waals surface area contributed by atoms with E-state index in [1.165, 1.54) is 4.68 Å². The molecule has 0 saturated heterocycles. The van der Waals surface area contributed by atoms with Crippen LogP contribution in [0, 0.1) is 12.7 Å². The Bertz CT molecular complexity index is 575. The maximum atomic E-state index is 14.2. The molecule has 0 radical (unpaired) electrons. The highest BCUT2D eigenvalue weighted by molar-refractivity contribution is 6.31. The summed E-state index contributed by atoms with van der Waals surface area (Å²) in [5.74, 6) is -0.299. The summed E-state index contributed by atoms with van der Waals surface area (Å²) in [6.07, 6.45) is 2.67. The van der Waals surface area contributed by atoms with Crippen LogP contribution in [-0.2, 0) is 0 Å². The Kier molecular flexibility index (Phi) is 4.78. The van der Waals surface area contributed by atoms with E-state index in [0.717, 1.165) is 18.5 Å². The molecule has 3 nitrogen and oxygen atoms in total. The second-order valence-corrected chi connectivity index (χ2v) is 5.30. The van der Waals surface area contributed by atoms with Gasteiger partial charge in [0, 0.05) is 12.2 Å². The normalized spacial score (nSPS) is 12.7. The van der Waals surface area contributed by atoms with Gasteiger partial charge in [0.25, 0.3) is 0 Å². The van der Waals surface area contributed by atoms with E-state index in [9.17, 15) is 4.39 Å². The number of halogens is 2. The number of rotatable bonds is 5. The molecular weight excluding hydrogens is 277 g/mol. The summed E-state index contributed by atoms with van der Waals surface area (Å²) in [5, 5.41) is 8.07. The number of aromatic nitrogens is 2.